The summed E-state index contributed by atoms with van der Waals surface area (Å²) in [4.78, 5) is 4.18. The molecule has 1 aromatic carbocycles. The molecular formula is C14H12BrCl2N. The van der Waals surface area contributed by atoms with E-state index in [0.29, 0.717) is 5.02 Å². The van der Waals surface area contributed by atoms with E-state index in [1.165, 1.54) is 11.1 Å². The van der Waals surface area contributed by atoms with Gasteiger partial charge in [-0.1, -0.05) is 45.2 Å². The first-order valence-corrected chi connectivity index (χ1v) is 7.23. The summed E-state index contributed by atoms with van der Waals surface area (Å²) in [6, 6.07) is 7.86. The maximum Gasteiger partial charge on any atom is 0.0621 e. The van der Waals surface area contributed by atoms with Gasteiger partial charge in [-0.2, -0.15) is 0 Å². The summed E-state index contributed by atoms with van der Waals surface area (Å²) in [6.45, 7) is 2.08. The van der Waals surface area contributed by atoms with Gasteiger partial charge in [0.2, 0.25) is 0 Å². The minimum atomic E-state index is 0.191. The summed E-state index contributed by atoms with van der Waals surface area (Å²) in [5.41, 5.74) is 3.48. The summed E-state index contributed by atoms with van der Waals surface area (Å²) in [5, 5.41) is 1.45. The Kier molecular flexibility index (Phi) is 4.66. The number of aryl methyl sites for hydroxylation is 1. The third kappa shape index (κ3) is 3.25. The highest BCUT2D eigenvalue weighted by Crippen LogP contribution is 2.32. The minimum absolute atomic E-state index is 0.191. The van der Waals surface area contributed by atoms with Crippen LogP contribution in [0.3, 0.4) is 0 Å². The standard InChI is InChI=1S/C14H12BrCl2N/c1-9-2-3-11(16)7-12(9)13(15)6-10-4-5-18-8-14(10)17/h2-5,7-8,13H,6H2,1H3. The third-order valence-corrected chi connectivity index (χ3v) is 4.23. The van der Waals surface area contributed by atoms with Gasteiger partial charge in [0.25, 0.3) is 0 Å². The van der Waals surface area contributed by atoms with Gasteiger partial charge in [0.1, 0.15) is 0 Å². The largest absolute Gasteiger partial charge is 0.263 e. The van der Waals surface area contributed by atoms with Crippen LogP contribution in [-0.2, 0) is 6.42 Å². The summed E-state index contributed by atoms with van der Waals surface area (Å²) in [7, 11) is 0. The molecule has 1 aromatic heterocycles. The summed E-state index contributed by atoms with van der Waals surface area (Å²) in [6.07, 6.45) is 4.23. The molecule has 2 aromatic rings. The SMILES string of the molecule is Cc1ccc(Cl)cc1C(Br)Cc1ccncc1Cl. The molecular weight excluding hydrogens is 333 g/mol. The Morgan fingerprint density at radius 2 is 2.06 bits per heavy atom. The van der Waals surface area contributed by atoms with E-state index in [4.69, 9.17) is 23.2 Å². The van der Waals surface area contributed by atoms with Crippen molar-refractivity contribution >= 4 is 39.1 Å². The predicted octanol–water partition coefficient (Wildman–Crippen LogP) is 5.38. The van der Waals surface area contributed by atoms with Crippen molar-refractivity contribution in [1.29, 1.82) is 0 Å². The Morgan fingerprint density at radius 3 is 2.78 bits per heavy atom. The van der Waals surface area contributed by atoms with Gasteiger partial charge in [0.05, 0.1) is 5.02 Å². The van der Waals surface area contributed by atoms with E-state index in [2.05, 4.69) is 27.8 Å². The van der Waals surface area contributed by atoms with Crippen molar-refractivity contribution in [3.05, 3.63) is 63.4 Å². The van der Waals surface area contributed by atoms with E-state index in [1.807, 2.05) is 24.3 Å². The quantitative estimate of drug-likeness (QED) is 0.681. The van der Waals surface area contributed by atoms with Gasteiger partial charge in [-0.3, -0.25) is 4.98 Å². The molecule has 1 heterocycles. The van der Waals surface area contributed by atoms with Crippen LogP contribution in [0.15, 0.2) is 36.7 Å². The second-order valence-corrected chi connectivity index (χ2v) is 6.09. The number of hydrogen-bond acceptors (Lipinski definition) is 1. The normalized spacial score (nSPS) is 12.4. The second kappa shape index (κ2) is 6.05. The third-order valence-electron chi connectivity index (χ3n) is 2.83. The molecule has 0 N–H and O–H groups in total. The van der Waals surface area contributed by atoms with Gasteiger partial charge in [0.15, 0.2) is 0 Å². The van der Waals surface area contributed by atoms with Crippen molar-refractivity contribution in [3.8, 4) is 0 Å². The molecule has 0 saturated heterocycles. The van der Waals surface area contributed by atoms with Crippen LogP contribution < -0.4 is 0 Å². The van der Waals surface area contributed by atoms with Gasteiger partial charge in [-0.15, -0.1) is 0 Å². The number of halogens is 3. The average Bonchev–Trinajstić information content (AvgIpc) is 2.35. The van der Waals surface area contributed by atoms with Gasteiger partial charge in [-0.05, 0) is 48.2 Å². The van der Waals surface area contributed by atoms with Crippen molar-refractivity contribution in [2.45, 2.75) is 18.2 Å². The molecule has 0 amide bonds. The molecule has 0 aliphatic rings. The number of pyridine rings is 1. The maximum absolute atomic E-state index is 6.12. The average molecular weight is 345 g/mol. The van der Waals surface area contributed by atoms with Crippen molar-refractivity contribution in [1.82, 2.24) is 4.98 Å². The molecule has 0 saturated carbocycles. The maximum atomic E-state index is 6.12. The van der Waals surface area contributed by atoms with E-state index in [9.17, 15) is 0 Å². The Balaban J connectivity index is 2.25. The lowest BCUT2D eigenvalue weighted by Gasteiger charge is -2.14. The van der Waals surface area contributed by atoms with E-state index >= 15 is 0 Å². The molecule has 1 nitrogen and oxygen atoms in total. The van der Waals surface area contributed by atoms with Crippen molar-refractivity contribution < 1.29 is 0 Å². The highest BCUT2D eigenvalue weighted by Gasteiger charge is 2.13. The van der Waals surface area contributed by atoms with Gasteiger partial charge in [0, 0.05) is 22.2 Å². The Labute approximate surface area is 125 Å². The van der Waals surface area contributed by atoms with Crippen LogP contribution in [0.2, 0.25) is 10.0 Å². The van der Waals surface area contributed by atoms with Gasteiger partial charge in [-0.25, -0.2) is 0 Å². The Hall–Kier alpha value is -0.570. The van der Waals surface area contributed by atoms with E-state index in [0.717, 1.165) is 17.0 Å². The minimum Gasteiger partial charge on any atom is -0.263 e. The molecule has 4 heteroatoms. The Morgan fingerprint density at radius 1 is 1.28 bits per heavy atom. The van der Waals surface area contributed by atoms with E-state index in [1.54, 1.807) is 12.4 Å². The zero-order valence-electron chi connectivity index (χ0n) is 9.83. The number of hydrogen-bond donors (Lipinski definition) is 0. The second-order valence-electron chi connectivity index (χ2n) is 4.14. The van der Waals surface area contributed by atoms with Crippen molar-refractivity contribution in [2.75, 3.05) is 0 Å². The molecule has 94 valence electrons. The van der Waals surface area contributed by atoms with E-state index in [-0.39, 0.29) is 4.83 Å². The molecule has 2 rings (SSSR count). The number of aromatic nitrogens is 1. The van der Waals surface area contributed by atoms with Crippen LogP contribution in [0.4, 0.5) is 0 Å². The number of benzene rings is 1. The lowest BCUT2D eigenvalue weighted by Crippen LogP contribution is -1.99. The number of alkyl halides is 1. The molecule has 1 unspecified atom stereocenters. The lowest BCUT2D eigenvalue weighted by molar-refractivity contribution is 0.934. The monoisotopic (exact) mass is 343 g/mol. The first-order chi connectivity index (χ1) is 8.58. The van der Waals surface area contributed by atoms with Gasteiger partial charge >= 0.3 is 0 Å². The molecule has 0 aliphatic carbocycles. The van der Waals surface area contributed by atoms with Crippen LogP contribution in [-0.4, -0.2) is 4.98 Å². The fourth-order valence-corrected chi connectivity index (χ4v) is 3.04. The molecule has 18 heavy (non-hydrogen) atoms. The number of nitrogens with zero attached hydrogens (tertiary/aromatic N) is 1. The molecule has 0 aliphatic heterocycles. The first-order valence-electron chi connectivity index (χ1n) is 5.56. The van der Waals surface area contributed by atoms with Gasteiger partial charge < -0.3 is 0 Å². The summed E-state index contributed by atoms with van der Waals surface area (Å²) < 4.78 is 0. The fraction of sp³-hybridized carbons (Fsp3) is 0.214. The predicted molar refractivity (Wildman–Crippen MR) is 80.8 cm³/mol. The molecule has 0 radical (unpaired) electrons. The van der Waals surface area contributed by atoms with Crippen LogP contribution >= 0.6 is 39.1 Å². The fourth-order valence-electron chi connectivity index (χ4n) is 1.82. The zero-order chi connectivity index (χ0) is 13.1. The lowest BCUT2D eigenvalue weighted by atomic mass is 10.0. The highest BCUT2D eigenvalue weighted by atomic mass is 79.9. The van der Waals surface area contributed by atoms with Crippen LogP contribution in [0.5, 0.6) is 0 Å². The highest BCUT2D eigenvalue weighted by molar-refractivity contribution is 9.09. The summed E-state index contributed by atoms with van der Waals surface area (Å²) >= 11 is 15.9. The smallest absolute Gasteiger partial charge is 0.0621 e. The molecule has 0 bridgehead atoms. The van der Waals surface area contributed by atoms with Crippen LogP contribution in [0, 0.1) is 6.92 Å². The zero-order valence-corrected chi connectivity index (χ0v) is 12.9. The molecule has 1 atom stereocenters. The van der Waals surface area contributed by atoms with Crippen molar-refractivity contribution in [2.24, 2.45) is 0 Å². The van der Waals surface area contributed by atoms with Crippen molar-refractivity contribution in [3.63, 3.8) is 0 Å². The first kappa shape index (κ1) is 13.9. The molecule has 0 spiro atoms. The number of rotatable bonds is 3. The topological polar surface area (TPSA) is 12.9 Å². The van der Waals surface area contributed by atoms with E-state index < -0.39 is 0 Å². The Bertz CT molecular complexity index is 557. The summed E-state index contributed by atoms with van der Waals surface area (Å²) in [5.74, 6) is 0. The molecule has 0 fully saturated rings. The van der Waals surface area contributed by atoms with Crippen LogP contribution in [0.1, 0.15) is 21.5 Å². The van der Waals surface area contributed by atoms with Crippen LogP contribution in [0.25, 0.3) is 0 Å².